The van der Waals surface area contributed by atoms with E-state index in [4.69, 9.17) is 28.8 Å². The quantitative estimate of drug-likeness (QED) is 0.117. The van der Waals surface area contributed by atoms with Crippen LogP contribution >= 0.6 is 0 Å². The highest BCUT2D eigenvalue weighted by Gasteiger charge is 2.52. The summed E-state index contributed by atoms with van der Waals surface area (Å²) in [6.45, 7) is 3.17. The third-order valence-corrected chi connectivity index (χ3v) is 5.64. The Bertz CT molecular complexity index is 657. The van der Waals surface area contributed by atoms with E-state index in [-0.39, 0.29) is 12.8 Å². The minimum absolute atomic E-state index is 0.0712. The Morgan fingerprint density at radius 3 is 1.83 bits per heavy atom. The molecule has 1 aliphatic heterocycles. The predicted octanol–water partition coefficient (Wildman–Crippen LogP) is 0.350. The molecular formula is C24H42O12. The van der Waals surface area contributed by atoms with Gasteiger partial charge in [0.1, 0.15) is 18.3 Å². The van der Waals surface area contributed by atoms with Gasteiger partial charge in [0.2, 0.25) is 0 Å². The molecule has 12 heteroatoms. The van der Waals surface area contributed by atoms with Crippen molar-refractivity contribution in [2.45, 2.75) is 115 Å². The largest absolute Gasteiger partial charge is 0.456 e. The fourth-order valence-electron chi connectivity index (χ4n) is 3.64. The Balaban J connectivity index is 3.23. The second-order valence-corrected chi connectivity index (χ2v) is 8.77. The molecule has 4 N–H and O–H groups in total. The van der Waals surface area contributed by atoms with Crippen molar-refractivity contribution in [3.63, 3.8) is 0 Å². The molecule has 0 radical (unpaired) electrons. The predicted molar refractivity (Wildman–Crippen MR) is 124 cm³/mol. The van der Waals surface area contributed by atoms with Gasteiger partial charge in [0.15, 0.2) is 24.6 Å². The molecule has 0 spiro atoms. The van der Waals surface area contributed by atoms with E-state index in [9.17, 15) is 29.7 Å². The van der Waals surface area contributed by atoms with Crippen molar-refractivity contribution in [2.24, 2.45) is 0 Å². The first-order valence-electron chi connectivity index (χ1n) is 12.6. The number of aliphatic hydroxyl groups is 4. The Kier molecular flexibility index (Phi) is 15.7. The molecular weight excluding hydrogens is 480 g/mol. The summed E-state index contributed by atoms with van der Waals surface area (Å²) in [5.41, 5.74) is 0. The van der Waals surface area contributed by atoms with E-state index in [0.29, 0.717) is 12.8 Å². The minimum Gasteiger partial charge on any atom is -0.456 e. The molecule has 0 saturated carbocycles. The summed E-state index contributed by atoms with van der Waals surface area (Å²) in [6, 6.07) is 0. The molecule has 0 aliphatic carbocycles. The van der Waals surface area contributed by atoms with Crippen LogP contribution in [0.3, 0.4) is 0 Å². The third-order valence-electron chi connectivity index (χ3n) is 5.64. The number of hydrogen-bond acceptors (Lipinski definition) is 12. The van der Waals surface area contributed by atoms with Gasteiger partial charge < -0.3 is 44.1 Å². The van der Waals surface area contributed by atoms with Gasteiger partial charge in [-0.1, -0.05) is 39.5 Å². The van der Waals surface area contributed by atoms with Crippen molar-refractivity contribution in [1.29, 1.82) is 0 Å². The molecule has 7 atom stereocenters. The molecule has 1 heterocycles. The zero-order chi connectivity index (χ0) is 27.1. The van der Waals surface area contributed by atoms with Gasteiger partial charge in [-0.25, -0.2) is 0 Å². The number of rotatable bonds is 17. The summed E-state index contributed by atoms with van der Waals surface area (Å²) >= 11 is 0. The summed E-state index contributed by atoms with van der Waals surface area (Å²) in [6.07, 6.45) is -5.12. The number of ether oxygens (including phenoxy) is 5. The van der Waals surface area contributed by atoms with Gasteiger partial charge in [0.25, 0.3) is 0 Å². The number of carbonyl (C=O) groups is 3. The molecule has 0 unspecified atom stereocenters. The Morgan fingerprint density at radius 1 is 0.806 bits per heavy atom. The highest BCUT2D eigenvalue weighted by Crippen LogP contribution is 2.30. The molecule has 1 rings (SSSR count). The van der Waals surface area contributed by atoms with Crippen LogP contribution in [0.25, 0.3) is 0 Å². The number of unbranched alkanes of at least 4 members (excludes halogenated alkanes) is 4. The Morgan fingerprint density at radius 2 is 1.36 bits per heavy atom. The fraction of sp³-hybridized carbons (Fsp3) is 0.875. The SMILES string of the molecule is CCCCCC(=O)O[C@@H]1[C@H](OC(=O)CCCCC)[C@H](OC[C@@H](O)[C@H](O)CO)O[C@H](CO)[C@H]1OC(C)=O. The highest BCUT2D eigenvalue weighted by atomic mass is 16.7. The monoisotopic (exact) mass is 522 g/mol. The van der Waals surface area contributed by atoms with Crippen molar-refractivity contribution in [1.82, 2.24) is 0 Å². The molecule has 0 aromatic carbocycles. The van der Waals surface area contributed by atoms with Crippen LogP contribution in [0.1, 0.15) is 72.1 Å². The minimum atomic E-state index is -1.51. The first-order valence-corrected chi connectivity index (χ1v) is 12.6. The van der Waals surface area contributed by atoms with E-state index in [1.54, 1.807) is 0 Å². The zero-order valence-electron chi connectivity index (χ0n) is 21.4. The number of hydrogen-bond donors (Lipinski definition) is 4. The van der Waals surface area contributed by atoms with Crippen LogP contribution in [-0.2, 0) is 38.1 Å². The molecule has 1 saturated heterocycles. The van der Waals surface area contributed by atoms with Gasteiger partial charge in [-0.05, 0) is 12.8 Å². The topological polar surface area (TPSA) is 178 Å². The first-order chi connectivity index (χ1) is 17.2. The molecule has 0 amide bonds. The molecule has 1 aliphatic rings. The average Bonchev–Trinajstić information content (AvgIpc) is 2.84. The van der Waals surface area contributed by atoms with Crippen molar-refractivity contribution in [3.8, 4) is 0 Å². The summed E-state index contributed by atoms with van der Waals surface area (Å²) in [4.78, 5) is 37.0. The summed E-state index contributed by atoms with van der Waals surface area (Å²) in [5, 5.41) is 38.5. The maximum atomic E-state index is 12.6. The van der Waals surface area contributed by atoms with E-state index >= 15 is 0 Å². The van der Waals surface area contributed by atoms with Crippen molar-refractivity contribution < 1.29 is 58.5 Å². The average molecular weight is 523 g/mol. The lowest BCUT2D eigenvalue weighted by atomic mass is 9.98. The van der Waals surface area contributed by atoms with Gasteiger partial charge in [-0.2, -0.15) is 0 Å². The van der Waals surface area contributed by atoms with Gasteiger partial charge in [-0.3, -0.25) is 14.4 Å². The van der Waals surface area contributed by atoms with Crippen LogP contribution in [0, 0.1) is 0 Å². The Hall–Kier alpha value is -1.83. The number of carbonyl (C=O) groups excluding carboxylic acids is 3. The maximum Gasteiger partial charge on any atom is 0.306 e. The summed E-state index contributed by atoms with van der Waals surface area (Å²) in [5.74, 6) is -1.98. The fourth-order valence-corrected chi connectivity index (χ4v) is 3.64. The van der Waals surface area contributed by atoms with Crippen LogP contribution in [0.15, 0.2) is 0 Å². The van der Waals surface area contributed by atoms with Gasteiger partial charge in [0, 0.05) is 19.8 Å². The molecule has 0 aromatic rings. The van der Waals surface area contributed by atoms with E-state index in [1.807, 2.05) is 13.8 Å². The van der Waals surface area contributed by atoms with Gasteiger partial charge >= 0.3 is 17.9 Å². The van der Waals surface area contributed by atoms with Crippen LogP contribution in [0.5, 0.6) is 0 Å². The van der Waals surface area contributed by atoms with Gasteiger partial charge in [-0.15, -0.1) is 0 Å². The molecule has 36 heavy (non-hydrogen) atoms. The molecule has 1 fully saturated rings. The lowest BCUT2D eigenvalue weighted by molar-refractivity contribution is -0.312. The van der Waals surface area contributed by atoms with Crippen molar-refractivity contribution in [2.75, 3.05) is 19.8 Å². The molecule has 0 bridgehead atoms. The van der Waals surface area contributed by atoms with E-state index in [2.05, 4.69) is 0 Å². The van der Waals surface area contributed by atoms with Crippen LogP contribution in [0.4, 0.5) is 0 Å². The smallest absolute Gasteiger partial charge is 0.306 e. The van der Waals surface area contributed by atoms with Crippen molar-refractivity contribution >= 4 is 17.9 Å². The second kappa shape index (κ2) is 17.6. The van der Waals surface area contributed by atoms with Crippen LogP contribution in [0.2, 0.25) is 0 Å². The summed E-state index contributed by atoms with van der Waals surface area (Å²) in [7, 11) is 0. The lowest BCUT2D eigenvalue weighted by Crippen LogP contribution is -2.63. The normalized spacial score (nSPS) is 25.6. The van der Waals surface area contributed by atoms with Crippen molar-refractivity contribution in [3.05, 3.63) is 0 Å². The number of esters is 3. The maximum absolute atomic E-state index is 12.6. The highest BCUT2D eigenvalue weighted by molar-refractivity contribution is 5.71. The molecule has 210 valence electrons. The first kappa shape index (κ1) is 32.2. The van der Waals surface area contributed by atoms with E-state index in [1.165, 1.54) is 0 Å². The molecule has 12 nitrogen and oxygen atoms in total. The Labute approximate surface area is 211 Å². The third kappa shape index (κ3) is 11.1. The lowest BCUT2D eigenvalue weighted by Gasteiger charge is -2.44. The molecule has 0 aromatic heterocycles. The van der Waals surface area contributed by atoms with Crippen LogP contribution in [-0.4, -0.2) is 101 Å². The standard InChI is InChI=1S/C24H42O12/c1-4-6-8-10-19(30)35-22-21(33-15(3)27)18(13-26)34-24(32-14-17(29)16(28)12-25)23(22)36-20(31)11-9-7-5-2/h16-18,21-26,28-29H,4-14H2,1-3H3/t16-,17-,18-,21-,22+,23+,24-/m1/s1. The van der Waals surface area contributed by atoms with E-state index < -0.39 is 80.6 Å². The summed E-state index contributed by atoms with van der Waals surface area (Å²) < 4.78 is 27.7. The van der Waals surface area contributed by atoms with Crippen LogP contribution < -0.4 is 0 Å². The second-order valence-electron chi connectivity index (χ2n) is 8.77. The zero-order valence-corrected chi connectivity index (χ0v) is 21.4. The van der Waals surface area contributed by atoms with Gasteiger partial charge in [0.05, 0.1) is 19.8 Å². The number of aliphatic hydroxyl groups excluding tert-OH is 4. The van der Waals surface area contributed by atoms with E-state index in [0.717, 1.165) is 32.6 Å².